The summed E-state index contributed by atoms with van der Waals surface area (Å²) in [6.07, 6.45) is 3.28. The van der Waals surface area contributed by atoms with Crippen molar-refractivity contribution in [3.8, 4) is 0 Å². The normalized spacial score (nSPS) is 41.6. The molecule has 3 heterocycles. The molecule has 3 rings (SSSR count). The van der Waals surface area contributed by atoms with E-state index < -0.39 is 0 Å². The molecule has 88 valence electrons. The van der Waals surface area contributed by atoms with E-state index in [2.05, 4.69) is 4.99 Å². The third-order valence-electron chi connectivity index (χ3n) is 2.65. The van der Waals surface area contributed by atoms with Crippen LogP contribution in [0.15, 0.2) is 17.3 Å². The van der Waals surface area contributed by atoms with Crippen LogP contribution in [-0.4, -0.2) is 52.3 Å². The van der Waals surface area contributed by atoms with Crippen LogP contribution in [0.3, 0.4) is 0 Å². The average molecular weight is 243 g/mol. The molecule has 0 bridgehead atoms. The van der Waals surface area contributed by atoms with Crippen molar-refractivity contribution in [2.24, 2.45) is 10.7 Å². The highest BCUT2D eigenvalue weighted by Gasteiger charge is 2.48. The van der Waals surface area contributed by atoms with Crippen molar-refractivity contribution in [1.82, 2.24) is 4.90 Å². The maximum atomic E-state index is 9.00. The van der Waals surface area contributed by atoms with Gasteiger partial charge in [0.2, 0.25) is 0 Å². The summed E-state index contributed by atoms with van der Waals surface area (Å²) in [4.78, 5) is 6.11. The number of aliphatic imine (C=N–C) groups is 1. The molecule has 0 spiro atoms. The van der Waals surface area contributed by atoms with Gasteiger partial charge in [0.15, 0.2) is 12.5 Å². The Bertz CT molecular complexity index is 349. The molecule has 3 aliphatic heterocycles. The largest absolute Gasteiger partial charge is 0.393 e. The maximum Gasteiger partial charge on any atom is 0.198 e. The smallest absolute Gasteiger partial charge is 0.198 e. The monoisotopic (exact) mass is 243 g/mol. The molecule has 16 heavy (non-hydrogen) atoms. The average Bonchev–Trinajstić information content (AvgIpc) is 2.88. The van der Waals surface area contributed by atoms with Crippen LogP contribution in [0.4, 0.5) is 0 Å². The van der Waals surface area contributed by atoms with Crippen LogP contribution in [0.25, 0.3) is 0 Å². The predicted molar refractivity (Wildman–Crippen MR) is 59.5 cm³/mol. The highest BCUT2D eigenvalue weighted by molar-refractivity contribution is 8.00. The van der Waals surface area contributed by atoms with Crippen molar-refractivity contribution in [3.05, 3.63) is 12.3 Å². The number of aliphatic hydroxyl groups is 1. The molecule has 3 aliphatic rings. The summed E-state index contributed by atoms with van der Waals surface area (Å²) in [5.74, 6) is 1.28. The van der Waals surface area contributed by atoms with Gasteiger partial charge in [-0.2, -0.15) is 0 Å². The van der Waals surface area contributed by atoms with E-state index in [1.807, 2.05) is 11.1 Å². The number of aliphatic hydroxyl groups excluding tert-OH is 1. The quantitative estimate of drug-likeness (QED) is 0.622. The topological polar surface area (TPSA) is 83.6 Å². The second kappa shape index (κ2) is 3.92. The van der Waals surface area contributed by atoms with Gasteiger partial charge in [0.05, 0.1) is 6.61 Å². The fourth-order valence-corrected chi connectivity index (χ4v) is 2.74. The highest BCUT2D eigenvalue weighted by Crippen LogP contribution is 2.35. The molecule has 0 amide bonds. The van der Waals surface area contributed by atoms with E-state index in [0.717, 1.165) is 5.75 Å². The van der Waals surface area contributed by atoms with Gasteiger partial charge >= 0.3 is 0 Å². The van der Waals surface area contributed by atoms with Gasteiger partial charge in [0.25, 0.3) is 0 Å². The number of nitrogens with zero attached hydrogens (tertiary/aromatic N) is 2. The predicted octanol–water partition coefficient (Wildman–Crippen LogP) is -0.737. The van der Waals surface area contributed by atoms with Crippen LogP contribution in [0, 0.1) is 0 Å². The Kier molecular flexibility index (Phi) is 2.55. The van der Waals surface area contributed by atoms with Crippen molar-refractivity contribution < 1.29 is 14.6 Å². The molecule has 4 atom stereocenters. The molecule has 2 unspecified atom stereocenters. The number of amidine groups is 1. The van der Waals surface area contributed by atoms with Crippen LogP contribution < -0.4 is 5.73 Å². The Hall–Kier alpha value is -0.760. The summed E-state index contributed by atoms with van der Waals surface area (Å²) < 4.78 is 11.0. The third kappa shape index (κ3) is 1.80. The van der Waals surface area contributed by atoms with Crippen molar-refractivity contribution in [1.29, 1.82) is 0 Å². The fourth-order valence-electron chi connectivity index (χ4n) is 1.80. The minimum atomic E-state index is -0.170. The van der Waals surface area contributed by atoms with Gasteiger partial charge in [-0.25, -0.2) is 4.99 Å². The number of ether oxygens (including phenoxy) is 2. The molecular weight excluding hydrogens is 230 g/mol. The van der Waals surface area contributed by atoms with Gasteiger partial charge in [-0.15, -0.1) is 11.8 Å². The van der Waals surface area contributed by atoms with Crippen LogP contribution in [0.1, 0.15) is 0 Å². The summed E-state index contributed by atoms with van der Waals surface area (Å²) in [5.41, 5.74) is 5.50. The van der Waals surface area contributed by atoms with E-state index in [1.54, 1.807) is 17.8 Å². The first-order chi connectivity index (χ1) is 7.78. The standard InChI is InChI=1S/C9H13N3O3S/c10-5-1-2-12(9-8(11-5)15-9)6-4-16-7(3-13)14-6/h1-2,6-9,13H,3-4H2,(H2,10,11)/t6-,7+,8?,9?/m0/s1. The molecule has 3 N–H and O–H groups in total. The first kappa shape index (κ1) is 10.4. The van der Waals surface area contributed by atoms with E-state index in [1.165, 1.54) is 0 Å². The molecule has 0 aromatic rings. The molecule has 0 aromatic carbocycles. The number of thioether (sulfide) groups is 1. The van der Waals surface area contributed by atoms with E-state index in [4.69, 9.17) is 20.3 Å². The maximum absolute atomic E-state index is 9.00. The SMILES string of the molecule is NC1=NC2OC2N([C@@H]2CS[C@H](CO)O2)C=C1. The number of hydrogen-bond acceptors (Lipinski definition) is 7. The molecule has 6 nitrogen and oxygen atoms in total. The zero-order chi connectivity index (χ0) is 11.1. The van der Waals surface area contributed by atoms with Crippen LogP contribution >= 0.6 is 11.8 Å². The van der Waals surface area contributed by atoms with E-state index in [-0.39, 0.29) is 30.7 Å². The van der Waals surface area contributed by atoms with Crippen LogP contribution in [0.5, 0.6) is 0 Å². The van der Waals surface area contributed by atoms with Gasteiger partial charge in [0.1, 0.15) is 17.5 Å². The van der Waals surface area contributed by atoms with Crippen molar-refractivity contribution in [2.45, 2.75) is 24.1 Å². The van der Waals surface area contributed by atoms with Crippen molar-refractivity contribution >= 4 is 17.6 Å². The number of rotatable bonds is 2. The zero-order valence-electron chi connectivity index (χ0n) is 8.52. The molecular formula is C9H13N3O3S. The summed E-state index contributed by atoms with van der Waals surface area (Å²) in [5, 5.41) is 9.00. The first-order valence-electron chi connectivity index (χ1n) is 5.10. The van der Waals surface area contributed by atoms with Crippen molar-refractivity contribution in [3.63, 3.8) is 0 Å². The molecule has 0 saturated carbocycles. The second-order valence-corrected chi connectivity index (χ2v) is 4.96. The number of fused-ring (bicyclic) bond motifs is 1. The summed E-state index contributed by atoms with van der Waals surface area (Å²) in [6.45, 7) is 0.0340. The minimum Gasteiger partial charge on any atom is -0.393 e. The summed E-state index contributed by atoms with van der Waals surface area (Å²) in [7, 11) is 0. The lowest BCUT2D eigenvalue weighted by atomic mass is 10.4. The van der Waals surface area contributed by atoms with Gasteiger partial charge in [0, 0.05) is 12.0 Å². The third-order valence-corrected chi connectivity index (χ3v) is 3.76. The van der Waals surface area contributed by atoms with E-state index in [0.29, 0.717) is 5.84 Å². The highest BCUT2D eigenvalue weighted by atomic mass is 32.2. The number of nitrogens with two attached hydrogens (primary N) is 1. The summed E-state index contributed by atoms with van der Waals surface area (Å²) in [6, 6.07) is 0. The van der Waals surface area contributed by atoms with E-state index >= 15 is 0 Å². The molecule has 0 aliphatic carbocycles. The number of epoxide rings is 1. The lowest BCUT2D eigenvalue weighted by Crippen LogP contribution is -2.36. The van der Waals surface area contributed by atoms with Crippen molar-refractivity contribution in [2.75, 3.05) is 12.4 Å². The lowest BCUT2D eigenvalue weighted by molar-refractivity contribution is -0.0505. The lowest BCUT2D eigenvalue weighted by Gasteiger charge is -2.24. The molecule has 0 radical (unpaired) electrons. The molecule has 2 fully saturated rings. The summed E-state index contributed by atoms with van der Waals surface area (Å²) >= 11 is 1.60. The Morgan fingerprint density at radius 1 is 1.62 bits per heavy atom. The minimum absolute atomic E-state index is 0.0340. The number of hydrogen-bond donors (Lipinski definition) is 2. The van der Waals surface area contributed by atoms with Gasteiger partial charge in [-0.05, 0) is 6.08 Å². The van der Waals surface area contributed by atoms with Crippen LogP contribution in [0.2, 0.25) is 0 Å². The molecule has 0 aromatic heterocycles. The fraction of sp³-hybridized carbons (Fsp3) is 0.667. The second-order valence-electron chi connectivity index (χ2n) is 3.77. The van der Waals surface area contributed by atoms with Gasteiger partial charge in [-0.1, -0.05) is 0 Å². The Balaban J connectivity index is 1.70. The van der Waals surface area contributed by atoms with E-state index in [9.17, 15) is 0 Å². The Labute approximate surface area is 97.1 Å². The Morgan fingerprint density at radius 2 is 2.50 bits per heavy atom. The van der Waals surface area contributed by atoms with Gasteiger partial charge < -0.3 is 25.2 Å². The zero-order valence-corrected chi connectivity index (χ0v) is 9.34. The molecule has 7 heteroatoms. The molecule has 2 saturated heterocycles. The van der Waals surface area contributed by atoms with Crippen LogP contribution in [-0.2, 0) is 9.47 Å². The van der Waals surface area contributed by atoms with Gasteiger partial charge in [-0.3, -0.25) is 0 Å². The first-order valence-corrected chi connectivity index (χ1v) is 6.15. The Morgan fingerprint density at radius 3 is 3.25 bits per heavy atom.